The van der Waals surface area contributed by atoms with Gasteiger partial charge < -0.3 is 9.47 Å². The number of hydrogen-bond donors (Lipinski definition) is 2. The number of amides is 4. The summed E-state index contributed by atoms with van der Waals surface area (Å²) < 4.78 is 13.9. The zero-order valence-corrected chi connectivity index (χ0v) is 28.4. The van der Waals surface area contributed by atoms with Crippen LogP contribution >= 0.6 is 0 Å². The molecular formula is C39H35N7O6. The van der Waals surface area contributed by atoms with Gasteiger partial charge in [-0.3, -0.25) is 34.7 Å². The van der Waals surface area contributed by atoms with Crippen LogP contribution in [-0.2, 0) is 15.0 Å². The van der Waals surface area contributed by atoms with Crippen molar-refractivity contribution in [1.82, 2.24) is 35.5 Å². The van der Waals surface area contributed by atoms with E-state index in [-0.39, 0.29) is 35.1 Å². The van der Waals surface area contributed by atoms with Gasteiger partial charge >= 0.3 is 0 Å². The van der Waals surface area contributed by atoms with Crippen molar-refractivity contribution < 1.29 is 28.7 Å². The third-order valence-electron chi connectivity index (χ3n) is 10.1. The van der Waals surface area contributed by atoms with Gasteiger partial charge in [0.15, 0.2) is 5.82 Å². The van der Waals surface area contributed by atoms with E-state index in [0.29, 0.717) is 23.1 Å². The number of carbonyl (C=O) groups is 4. The molecule has 5 aromatic rings. The molecule has 3 aromatic carbocycles. The minimum atomic E-state index is -1.09. The Morgan fingerprint density at radius 3 is 2.02 bits per heavy atom. The van der Waals surface area contributed by atoms with E-state index >= 15 is 0 Å². The zero-order valence-electron chi connectivity index (χ0n) is 28.4. The van der Waals surface area contributed by atoms with Crippen molar-refractivity contribution in [3.63, 3.8) is 0 Å². The highest BCUT2D eigenvalue weighted by molar-refractivity contribution is 6.23. The largest absolute Gasteiger partial charge is 0.489 e. The fraction of sp³-hybridized carbons (Fsp3) is 0.256. The number of carbonyl (C=O) groups excluding carboxylic acids is 4. The van der Waals surface area contributed by atoms with E-state index in [1.165, 1.54) is 0 Å². The highest BCUT2D eigenvalue weighted by Crippen LogP contribution is 2.35. The van der Waals surface area contributed by atoms with Crippen LogP contribution in [0.25, 0.3) is 5.82 Å². The molecule has 4 amide bonds. The van der Waals surface area contributed by atoms with Gasteiger partial charge in [-0.15, -0.1) is 5.10 Å². The van der Waals surface area contributed by atoms with Gasteiger partial charge in [0.2, 0.25) is 11.8 Å². The maximum absolute atomic E-state index is 13.1. The summed E-state index contributed by atoms with van der Waals surface area (Å²) in [7, 11) is 0. The van der Waals surface area contributed by atoms with Crippen LogP contribution in [0, 0.1) is 0 Å². The molecule has 1 saturated heterocycles. The van der Waals surface area contributed by atoms with Crippen molar-refractivity contribution in [2.75, 3.05) is 0 Å². The molecule has 13 heteroatoms. The quantitative estimate of drug-likeness (QED) is 0.201. The molecule has 2 N–H and O–H groups in total. The fourth-order valence-electron chi connectivity index (χ4n) is 6.91. The monoisotopic (exact) mass is 697 g/mol. The Balaban J connectivity index is 0.872. The van der Waals surface area contributed by atoms with Crippen molar-refractivity contribution in [1.29, 1.82) is 0 Å². The molecule has 1 aliphatic carbocycles. The first-order valence-electron chi connectivity index (χ1n) is 17.1. The lowest BCUT2D eigenvalue weighted by Crippen LogP contribution is -2.65. The average Bonchev–Trinajstić information content (AvgIpc) is 3.78. The Morgan fingerprint density at radius 1 is 0.788 bits per heavy atom. The smallest absolute Gasteiger partial charge is 0.262 e. The first kappa shape index (κ1) is 33.0. The molecule has 2 fully saturated rings. The van der Waals surface area contributed by atoms with Crippen LogP contribution in [0.4, 0.5) is 0 Å². The van der Waals surface area contributed by atoms with Gasteiger partial charge in [-0.05, 0) is 72.5 Å². The predicted octanol–water partition coefficient (Wildman–Crippen LogP) is 4.36. The van der Waals surface area contributed by atoms with Crippen molar-refractivity contribution in [3.05, 3.63) is 126 Å². The van der Waals surface area contributed by atoms with E-state index in [4.69, 9.17) is 9.47 Å². The lowest BCUT2D eigenvalue weighted by molar-refractivity contribution is -0.138. The topological polar surface area (TPSA) is 158 Å². The van der Waals surface area contributed by atoms with Crippen molar-refractivity contribution in [2.24, 2.45) is 0 Å². The number of hydrogen-bond acceptors (Lipinski definition) is 10. The molecule has 4 atom stereocenters. The number of imide groups is 2. The van der Waals surface area contributed by atoms with E-state index < -0.39 is 35.7 Å². The van der Waals surface area contributed by atoms with Crippen LogP contribution in [0.3, 0.4) is 0 Å². The number of ether oxygens (including phenoxy) is 2. The second-order valence-corrected chi connectivity index (χ2v) is 13.7. The summed E-state index contributed by atoms with van der Waals surface area (Å²) in [6, 6.07) is 24.1. The molecular weight excluding hydrogens is 662 g/mol. The number of pyridine rings is 1. The second-order valence-electron chi connectivity index (χ2n) is 13.7. The summed E-state index contributed by atoms with van der Waals surface area (Å²) in [5.74, 6) is 0.451. The van der Waals surface area contributed by atoms with Gasteiger partial charge in [-0.1, -0.05) is 55.5 Å². The molecule has 52 heavy (non-hydrogen) atoms. The molecule has 0 spiro atoms. The van der Waals surface area contributed by atoms with Gasteiger partial charge in [0.25, 0.3) is 11.8 Å². The number of aromatic nitrogens is 4. The Morgan fingerprint density at radius 2 is 1.44 bits per heavy atom. The van der Waals surface area contributed by atoms with Gasteiger partial charge in [0, 0.05) is 17.9 Å². The number of nitrogens with one attached hydrogen (secondary N) is 2. The molecule has 262 valence electrons. The highest BCUT2D eigenvalue weighted by atomic mass is 16.5. The molecule has 1 saturated carbocycles. The maximum atomic E-state index is 13.1. The number of nitrogens with zero attached hydrogens (tertiary/aromatic N) is 5. The molecule has 8 rings (SSSR count). The Bertz CT molecular complexity index is 2120. The molecule has 0 radical (unpaired) electrons. The summed E-state index contributed by atoms with van der Waals surface area (Å²) in [6.07, 6.45) is 6.32. The van der Waals surface area contributed by atoms with Crippen LogP contribution in [0.2, 0.25) is 0 Å². The number of rotatable bonds is 10. The third-order valence-corrected chi connectivity index (χ3v) is 10.1. The van der Waals surface area contributed by atoms with Crippen LogP contribution < -0.4 is 20.1 Å². The number of fused-ring (bicyclic) bond motifs is 1. The minimum absolute atomic E-state index is 0.00851. The fourth-order valence-corrected chi connectivity index (χ4v) is 6.91. The molecule has 13 nitrogen and oxygen atoms in total. The third kappa shape index (κ3) is 6.08. The van der Waals surface area contributed by atoms with Crippen LogP contribution in [0.15, 0.2) is 104 Å². The van der Waals surface area contributed by atoms with E-state index in [1.807, 2.05) is 36.4 Å². The molecule has 2 aliphatic heterocycles. The lowest BCUT2D eigenvalue weighted by Gasteiger charge is -2.41. The SMILES string of the molecule is CC(C)(c1ccc(Oc2ccc(-n3ccnn3)nc2)cc1)c1ccc(O[C@H]2CC[C@@H]2NC2CC(N3C(=O)c4ccccc4C3=O)C(=O)NC2=O)cc1. The van der Waals surface area contributed by atoms with Crippen LogP contribution in [0.5, 0.6) is 17.2 Å². The van der Waals surface area contributed by atoms with Gasteiger partial charge in [0.05, 0.1) is 35.8 Å². The average molecular weight is 698 g/mol. The normalized spacial score (nSPS) is 21.4. The Labute approximate surface area is 298 Å². The van der Waals surface area contributed by atoms with Gasteiger partial charge in [0.1, 0.15) is 29.4 Å². The van der Waals surface area contributed by atoms with E-state index in [1.54, 1.807) is 47.5 Å². The first-order chi connectivity index (χ1) is 25.2. The van der Waals surface area contributed by atoms with E-state index in [9.17, 15) is 19.2 Å². The van der Waals surface area contributed by atoms with Gasteiger partial charge in [-0.25, -0.2) is 9.67 Å². The van der Waals surface area contributed by atoms with Gasteiger partial charge in [-0.2, -0.15) is 0 Å². The van der Waals surface area contributed by atoms with Crippen LogP contribution in [-0.4, -0.2) is 72.7 Å². The second kappa shape index (κ2) is 13.2. The summed E-state index contributed by atoms with van der Waals surface area (Å²) in [5, 5.41) is 13.4. The number of benzene rings is 3. The maximum Gasteiger partial charge on any atom is 0.262 e. The number of piperidine rings is 1. The minimum Gasteiger partial charge on any atom is -0.489 e. The summed E-state index contributed by atoms with van der Waals surface area (Å²) in [5.41, 5.74) is 2.42. The van der Waals surface area contributed by atoms with E-state index in [2.05, 4.69) is 64.0 Å². The Kier molecular flexibility index (Phi) is 8.34. The lowest BCUT2D eigenvalue weighted by atomic mass is 9.78. The molecule has 3 aliphatic rings. The molecule has 2 unspecified atom stereocenters. The van der Waals surface area contributed by atoms with Crippen molar-refractivity contribution in [2.45, 2.75) is 62.8 Å². The molecule has 0 bridgehead atoms. The summed E-state index contributed by atoms with van der Waals surface area (Å²) in [4.78, 5) is 57.1. The first-order valence-corrected chi connectivity index (χ1v) is 17.1. The van der Waals surface area contributed by atoms with Crippen molar-refractivity contribution in [3.8, 4) is 23.1 Å². The molecule has 2 aromatic heterocycles. The van der Waals surface area contributed by atoms with E-state index in [0.717, 1.165) is 28.9 Å². The van der Waals surface area contributed by atoms with Crippen LogP contribution in [0.1, 0.15) is 65.0 Å². The highest BCUT2D eigenvalue weighted by Gasteiger charge is 2.48. The summed E-state index contributed by atoms with van der Waals surface area (Å²) >= 11 is 0. The standard InChI is InChI=1S/C39H35N7O6/c1-39(2,23-7-11-25(12-8-23)51-27-15-18-34(40-22-27)45-20-19-41-44-45)24-9-13-26(14-10-24)52-33-17-16-30(33)42-31-21-32(36(48)43-35(31)47)46-37(49)28-5-3-4-6-29(28)38(46)50/h3-15,18-20,22,30-33,42H,16-17,21H2,1-2H3,(H,43,47,48)/t30-,31?,32?,33-/m0/s1. The Hall–Kier alpha value is -6.21. The van der Waals surface area contributed by atoms with Crippen molar-refractivity contribution >= 4 is 23.6 Å². The zero-order chi connectivity index (χ0) is 36.0. The molecule has 4 heterocycles. The predicted molar refractivity (Wildman–Crippen MR) is 187 cm³/mol. The summed E-state index contributed by atoms with van der Waals surface area (Å²) in [6.45, 7) is 4.32.